The van der Waals surface area contributed by atoms with Gasteiger partial charge in [0, 0.05) is 0 Å². The van der Waals surface area contributed by atoms with E-state index in [1.165, 1.54) is 37.7 Å². The van der Waals surface area contributed by atoms with Crippen LogP contribution in [0.25, 0.3) is 0 Å². The third-order valence-corrected chi connectivity index (χ3v) is 2.87. The second-order valence-corrected chi connectivity index (χ2v) is 4.60. The lowest BCUT2D eigenvalue weighted by Gasteiger charge is -2.09. The van der Waals surface area contributed by atoms with Crippen LogP contribution in [-0.4, -0.2) is 0 Å². The molecule has 0 heteroatoms. The molecule has 0 spiro atoms. The molecular formula is C15H24. The minimum Gasteiger partial charge on any atom is -0.0656 e. The molecule has 0 nitrogen and oxygen atoms in total. The van der Waals surface area contributed by atoms with Crippen molar-refractivity contribution in [1.82, 2.24) is 0 Å². The molecule has 1 aliphatic rings. The van der Waals surface area contributed by atoms with Gasteiger partial charge in [-0.2, -0.15) is 0 Å². The highest BCUT2D eigenvalue weighted by Crippen LogP contribution is 2.33. The van der Waals surface area contributed by atoms with Gasteiger partial charge in [-0.3, -0.25) is 0 Å². The Labute approximate surface area is 94.7 Å². The molecule has 0 amide bonds. The molecule has 0 bridgehead atoms. The second-order valence-electron chi connectivity index (χ2n) is 4.60. The van der Waals surface area contributed by atoms with Gasteiger partial charge >= 0.3 is 0 Å². The van der Waals surface area contributed by atoms with Crippen molar-refractivity contribution in [1.29, 1.82) is 0 Å². The van der Waals surface area contributed by atoms with Crippen LogP contribution in [0, 0.1) is 6.92 Å². The topological polar surface area (TPSA) is 0 Å². The van der Waals surface area contributed by atoms with Gasteiger partial charge in [0.25, 0.3) is 0 Å². The summed E-state index contributed by atoms with van der Waals surface area (Å²) in [6.07, 6.45) is 6.92. The van der Waals surface area contributed by atoms with Crippen LogP contribution in [0.2, 0.25) is 0 Å². The Morgan fingerprint density at radius 3 is 2.27 bits per heavy atom. The Bertz CT molecular complexity index is 269. The van der Waals surface area contributed by atoms with E-state index in [0.717, 1.165) is 5.92 Å². The molecule has 0 aliphatic heterocycles. The van der Waals surface area contributed by atoms with E-state index in [0.29, 0.717) is 0 Å². The van der Waals surface area contributed by atoms with Crippen molar-refractivity contribution >= 4 is 0 Å². The highest BCUT2D eigenvalue weighted by Gasteiger charge is 2.16. The summed E-state index contributed by atoms with van der Waals surface area (Å²) in [6, 6.07) is 8.99. The molecule has 1 aliphatic carbocycles. The molecule has 1 aromatic carbocycles. The fourth-order valence-electron chi connectivity index (χ4n) is 2.18. The van der Waals surface area contributed by atoms with E-state index in [4.69, 9.17) is 0 Å². The minimum atomic E-state index is 0.866. The zero-order chi connectivity index (χ0) is 11.1. The number of aryl methyl sites for hydroxylation is 1. The summed E-state index contributed by atoms with van der Waals surface area (Å²) in [4.78, 5) is 0. The summed E-state index contributed by atoms with van der Waals surface area (Å²) in [7, 11) is 0. The molecule has 84 valence electrons. The molecule has 2 rings (SSSR count). The zero-order valence-corrected chi connectivity index (χ0v) is 10.4. The van der Waals surface area contributed by atoms with Crippen LogP contribution in [-0.2, 0) is 0 Å². The van der Waals surface area contributed by atoms with Crippen molar-refractivity contribution < 1.29 is 0 Å². The van der Waals surface area contributed by atoms with E-state index in [9.17, 15) is 0 Å². The van der Waals surface area contributed by atoms with Crippen LogP contribution in [0.5, 0.6) is 0 Å². The SMILES string of the molecule is CCC.Cc1cccc(C2CCCC2)c1. The van der Waals surface area contributed by atoms with E-state index in [1.54, 1.807) is 5.56 Å². The van der Waals surface area contributed by atoms with Gasteiger partial charge < -0.3 is 0 Å². The van der Waals surface area contributed by atoms with Crippen molar-refractivity contribution in [2.24, 2.45) is 0 Å². The minimum absolute atomic E-state index is 0.866. The summed E-state index contributed by atoms with van der Waals surface area (Å²) in [5, 5.41) is 0. The summed E-state index contributed by atoms with van der Waals surface area (Å²) >= 11 is 0. The molecule has 15 heavy (non-hydrogen) atoms. The number of rotatable bonds is 1. The first-order chi connectivity index (χ1) is 7.27. The number of hydrogen-bond acceptors (Lipinski definition) is 0. The first-order valence-corrected chi connectivity index (χ1v) is 6.34. The Morgan fingerprint density at radius 1 is 1.13 bits per heavy atom. The molecule has 0 aromatic heterocycles. The molecule has 0 radical (unpaired) electrons. The standard InChI is InChI=1S/C12H16.C3H8/c1-10-5-4-8-12(9-10)11-6-2-3-7-11;1-3-2/h4-5,8-9,11H,2-3,6-7H2,1H3;3H2,1-2H3. The fourth-order valence-corrected chi connectivity index (χ4v) is 2.18. The lowest BCUT2D eigenvalue weighted by Crippen LogP contribution is -1.91. The van der Waals surface area contributed by atoms with Gasteiger partial charge in [-0.1, -0.05) is 62.9 Å². The first-order valence-electron chi connectivity index (χ1n) is 6.34. The predicted octanol–water partition coefficient (Wildman–Crippen LogP) is 5.07. The van der Waals surface area contributed by atoms with Crippen molar-refractivity contribution in [3.63, 3.8) is 0 Å². The van der Waals surface area contributed by atoms with Gasteiger partial charge in [0.2, 0.25) is 0 Å². The first kappa shape index (κ1) is 12.3. The predicted molar refractivity (Wildman–Crippen MR) is 68.4 cm³/mol. The second kappa shape index (κ2) is 6.66. The molecule has 0 saturated heterocycles. The van der Waals surface area contributed by atoms with Gasteiger partial charge in [-0.25, -0.2) is 0 Å². The van der Waals surface area contributed by atoms with Gasteiger partial charge in [0.05, 0.1) is 0 Å². The van der Waals surface area contributed by atoms with E-state index >= 15 is 0 Å². The highest BCUT2D eigenvalue weighted by atomic mass is 14.2. The van der Waals surface area contributed by atoms with Crippen LogP contribution in [0.4, 0.5) is 0 Å². The Hall–Kier alpha value is -0.780. The van der Waals surface area contributed by atoms with Crippen LogP contribution in [0.3, 0.4) is 0 Å². The van der Waals surface area contributed by atoms with Crippen LogP contribution < -0.4 is 0 Å². The molecular weight excluding hydrogens is 180 g/mol. The largest absolute Gasteiger partial charge is 0.0656 e. The monoisotopic (exact) mass is 204 g/mol. The Kier molecular flexibility index (Phi) is 5.45. The zero-order valence-electron chi connectivity index (χ0n) is 10.4. The Balaban J connectivity index is 0.000000337. The number of hydrogen-bond donors (Lipinski definition) is 0. The molecule has 1 fully saturated rings. The van der Waals surface area contributed by atoms with Crippen LogP contribution in [0.1, 0.15) is 63.0 Å². The van der Waals surface area contributed by atoms with Crippen molar-refractivity contribution in [3.8, 4) is 0 Å². The maximum Gasteiger partial charge on any atom is -0.0162 e. The van der Waals surface area contributed by atoms with Gasteiger partial charge in [0.1, 0.15) is 0 Å². The van der Waals surface area contributed by atoms with Crippen molar-refractivity contribution in [2.45, 2.75) is 58.8 Å². The fraction of sp³-hybridized carbons (Fsp3) is 0.600. The van der Waals surface area contributed by atoms with Gasteiger partial charge in [0.15, 0.2) is 0 Å². The summed E-state index contributed by atoms with van der Waals surface area (Å²) in [6.45, 7) is 6.43. The molecule has 1 saturated carbocycles. The quantitative estimate of drug-likeness (QED) is 0.599. The van der Waals surface area contributed by atoms with Gasteiger partial charge in [-0.05, 0) is 31.2 Å². The third kappa shape index (κ3) is 4.07. The van der Waals surface area contributed by atoms with E-state index in [-0.39, 0.29) is 0 Å². The average Bonchev–Trinajstić information content (AvgIpc) is 2.71. The molecule has 0 heterocycles. The van der Waals surface area contributed by atoms with E-state index in [2.05, 4.69) is 45.0 Å². The molecule has 1 aromatic rings. The average molecular weight is 204 g/mol. The molecule has 0 N–H and O–H groups in total. The molecule has 0 unspecified atom stereocenters. The van der Waals surface area contributed by atoms with Crippen LogP contribution in [0.15, 0.2) is 24.3 Å². The lowest BCUT2D eigenvalue weighted by molar-refractivity contribution is 0.722. The van der Waals surface area contributed by atoms with Crippen molar-refractivity contribution in [3.05, 3.63) is 35.4 Å². The summed E-state index contributed by atoms with van der Waals surface area (Å²) < 4.78 is 0. The maximum absolute atomic E-state index is 2.34. The molecule has 0 atom stereocenters. The van der Waals surface area contributed by atoms with Gasteiger partial charge in [-0.15, -0.1) is 0 Å². The summed E-state index contributed by atoms with van der Waals surface area (Å²) in [5.41, 5.74) is 2.96. The normalized spacial score (nSPS) is 15.9. The Morgan fingerprint density at radius 2 is 1.73 bits per heavy atom. The smallest absolute Gasteiger partial charge is 0.0162 e. The number of benzene rings is 1. The third-order valence-electron chi connectivity index (χ3n) is 2.87. The van der Waals surface area contributed by atoms with Crippen LogP contribution >= 0.6 is 0 Å². The summed E-state index contributed by atoms with van der Waals surface area (Å²) in [5.74, 6) is 0.866. The lowest BCUT2D eigenvalue weighted by atomic mass is 9.96. The van der Waals surface area contributed by atoms with E-state index in [1.807, 2.05) is 0 Å². The maximum atomic E-state index is 2.34. The van der Waals surface area contributed by atoms with Crippen molar-refractivity contribution in [2.75, 3.05) is 0 Å². The highest BCUT2D eigenvalue weighted by molar-refractivity contribution is 5.25. The van der Waals surface area contributed by atoms with E-state index < -0.39 is 0 Å².